The lowest BCUT2D eigenvalue weighted by Gasteiger charge is -2.10. The Bertz CT molecular complexity index is 464. The number of nitriles is 2. The summed E-state index contributed by atoms with van der Waals surface area (Å²) in [5.74, 6) is 0.473. The summed E-state index contributed by atoms with van der Waals surface area (Å²) in [6, 6.07) is 7.76. The van der Waals surface area contributed by atoms with Gasteiger partial charge in [-0.1, -0.05) is 31.5 Å². The van der Waals surface area contributed by atoms with Crippen LogP contribution in [0.1, 0.15) is 30.5 Å². The molecule has 0 saturated heterocycles. The van der Waals surface area contributed by atoms with Crippen LogP contribution in [-0.4, -0.2) is 0 Å². The van der Waals surface area contributed by atoms with Crippen molar-refractivity contribution in [2.45, 2.75) is 26.7 Å². The van der Waals surface area contributed by atoms with Crippen molar-refractivity contribution in [2.75, 3.05) is 0 Å². The molecule has 2 nitrogen and oxygen atoms in total. The minimum atomic E-state index is 0.316. The van der Waals surface area contributed by atoms with Crippen LogP contribution in [0.15, 0.2) is 12.1 Å². The summed E-state index contributed by atoms with van der Waals surface area (Å²) in [7, 11) is 0. The van der Waals surface area contributed by atoms with E-state index in [4.69, 9.17) is 22.1 Å². The molecule has 82 valence electrons. The van der Waals surface area contributed by atoms with Crippen molar-refractivity contribution in [1.82, 2.24) is 0 Å². The van der Waals surface area contributed by atoms with E-state index in [1.807, 2.05) is 6.07 Å². The Balaban J connectivity index is 3.21. The summed E-state index contributed by atoms with van der Waals surface area (Å²) in [5, 5.41) is 18.1. The summed E-state index contributed by atoms with van der Waals surface area (Å²) < 4.78 is 0. The van der Waals surface area contributed by atoms with Gasteiger partial charge in [0.05, 0.1) is 23.1 Å². The predicted molar refractivity (Wildman–Crippen MR) is 64.0 cm³/mol. The van der Waals surface area contributed by atoms with Crippen molar-refractivity contribution in [2.24, 2.45) is 5.92 Å². The van der Waals surface area contributed by atoms with Crippen LogP contribution < -0.4 is 0 Å². The maximum Gasteiger partial charge on any atom is 0.101 e. The van der Waals surface area contributed by atoms with Crippen molar-refractivity contribution in [3.05, 3.63) is 33.8 Å². The second kappa shape index (κ2) is 5.54. The zero-order valence-electron chi connectivity index (χ0n) is 9.42. The fraction of sp³-hybridized carbons (Fsp3) is 0.385. The molecule has 0 bridgehead atoms. The van der Waals surface area contributed by atoms with Gasteiger partial charge in [-0.15, -0.1) is 0 Å². The molecule has 0 aliphatic heterocycles. The SMILES string of the molecule is CC(C)Cc1cc(CC#N)cc(C#N)c1Cl. The minimum absolute atomic E-state index is 0.316. The van der Waals surface area contributed by atoms with E-state index in [0.29, 0.717) is 22.9 Å². The van der Waals surface area contributed by atoms with Crippen LogP contribution in [0.25, 0.3) is 0 Å². The van der Waals surface area contributed by atoms with E-state index in [1.165, 1.54) is 0 Å². The van der Waals surface area contributed by atoms with Gasteiger partial charge >= 0.3 is 0 Å². The molecular weight excluding hydrogens is 220 g/mol. The van der Waals surface area contributed by atoms with Crippen LogP contribution in [0.4, 0.5) is 0 Å². The zero-order valence-corrected chi connectivity index (χ0v) is 10.2. The number of halogens is 1. The molecule has 0 amide bonds. The first-order chi connectivity index (χ1) is 7.58. The van der Waals surface area contributed by atoms with Crippen LogP contribution in [0.2, 0.25) is 5.02 Å². The van der Waals surface area contributed by atoms with Crippen molar-refractivity contribution in [3.63, 3.8) is 0 Å². The summed E-state index contributed by atoms with van der Waals surface area (Å²) in [6.45, 7) is 4.19. The molecule has 0 fully saturated rings. The van der Waals surface area contributed by atoms with Crippen molar-refractivity contribution in [3.8, 4) is 12.1 Å². The van der Waals surface area contributed by atoms with E-state index in [1.54, 1.807) is 6.07 Å². The van der Waals surface area contributed by atoms with Crippen molar-refractivity contribution >= 4 is 11.6 Å². The zero-order chi connectivity index (χ0) is 12.1. The third kappa shape index (κ3) is 2.99. The van der Waals surface area contributed by atoms with Crippen molar-refractivity contribution < 1.29 is 0 Å². The highest BCUT2D eigenvalue weighted by atomic mass is 35.5. The highest BCUT2D eigenvalue weighted by Crippen LogP contribution is 2.25. The van der Waals surface area contributed by atoms with Crippen LogP contribution in [0.3, 0.4) is 0 Å². The van der Waals surface area contributed by atoms with Gasteiger partial charge in [0.1, 0.15) is 6.07 Å². The van der Waals surface area contributed by atoms with E-state index in [-0.39, 0.29) is 0 Å². The molecule has 3 heteroatoms. The number of benzene rings is 1. The first-order valence-electron chi connectivity index (χ1n) is 5.16. The Kier molecular flexibility index (Phi) is 4.35. The number of nitrogens with zero attached hydrogens (tertiary/aromatic N) is 2. The monoisotopic (exact) mass is 232 g/mol. The van der Waals surface area contributed by atoms with Gasteiger partial charge in [-0.25, -0.2) is 0 Å². The molecule has 16 heavy (non-hydrogen) atoms. The number of hydrogen-bond donors (Lipinski definition) is 0. The fourth-order valence-electron chi connectivity index (χ4n) is 1.61. The predicted octanol–water partition coefficient (Wildman–Crippen LogP) is 3.48. The molecule has 1 rings (SSSR count). The molecular formula is C13H13ClN2. The highest BCUT2D eigenvalue weighted by Gasteiger charge is 2.10. The molecule has 0 aliphatic rings. The lowest BCUT2D eigenvalue weighted by atomic mass is 9.97. The third-order valence-corrected chi connectivity index (χ3v) is 2.69. The largest absolute Gasteiger partial charge is 0.198 e. The van der Waals surface area contributed by atoms with Crippen molar-refractivity contribution in [1.29, 1.82) is 10.5 Å². The Hall–Kier alpha value is -1.51. The summed E-state index contributed by atoms with van der Waals surface area (Å²) in [6.07, 6.45) is 1.14. The Morgan fingerprint density at radius 3 is 2.50 bits per heavy atom. The Labute approximate surface area is 101 Å². The molecule has 0 N–H and O–H groups in total. The van der Waals surface area contributed by atoms with Gasteiger partial charge in [-0.05, 0) is 29.5 Å². The fourth-order valence-corrected chi connectivity index (χ4v) is 1.84. The third-order valence-electron chi connectivity index (χ3n) is 2.24. The molecule has 0 aromatic heterocycles. The molecule has 0 saturated carbocycles. The summed E-state index contributed by atoms with van der Waals surface area (Å²) in [5.41, 5.74) is 2.28. The topological polar surface area (TPSA) is 47.6 Å². The average Bonchev–Trinajstić information content (AvgIpc) is 2.22. The van der Waals surface area contributed by atoms with Crippen LogP contribution in [-0.2, 0) is 12.8 Å². The molecule has 0 unspecified atom stereocenters. The van der Waals surface area contributed by atoms with Gasteiger partial charge in [0.25, 0.3) is 0 Å². The first kappa shape index (κ1) is 12.6. The van der Waals surface area contributed by atoms with Gasteiger partial charge in [-0.3, -0.25) is 0 Å². The van der Waals surface area contributed by atoms with E-state index in [2.05, 4.69) is 26.0 Å². The maximum absolute atomic E-state index is 8.95. The first-order valence-corrected chi connectivity index (χ1v) is 5.54. The molecule has 1 aromatic rings. The van der Waals surface area contributed by atoms with Gasteiger partial charge in [0.2, 0.25) is 0 Å². The van der Waals surface area contributed by atoms with E-state index in [0.717, 1.165) is 17.5 Å². The second-order valence-corrected chi connectivity index (χ2v) is 4.54. The standard InChI is InChI=1S/C13H13ClN2/c1-9(2)5-11-6-10(3-4-15)7-12(8-16)13(11)14/h6-7,9H,3,5H2,1-2H3. The van der Waals surface area contributed by atoms with Crippen LogP contribution >= 0.6 is 11.6 Å². The maximum atomic E-state index is 8.95. The summed E-state index contributed by atoms with van der Waals surface area (Å²) >= 11 is 6.12. The van der Waals surface area contributed by atoms with Crippen LogP contribution in [0, 0.1) is 28.6 Å². The second-order valence-electron chi connectivity index (χ2n) is 4.16. The molecule has 0 spiro atoms. The van der Waals surface area contributed by atoms with Gasteiger partial charge in [0, 0.05) is 0 Å². The smallest absolute Gasteiger partial charge is 0.101 e. The molecule has 0 atom stereocenters. The Morgan fingerprint density at radius 1 is 1.31 bits per heavy atom. The normalized spacial score (nSPS) is 9.88. The Morgan fingerprint density at radius 2 is 2.00 bits per heavy atom. The van der Waals surface area contributed by atoms with Gasteiger partial charge in [0.15, 0.2) is 0 Å². The van der Waals surface area contributed by atoms with Gasteiger partial charge in [-0.2, -0.15) is 10.5 Å². The molecule has 0 radical (unpaired) electrons. The van der Waals surface area contributed by atoms with E-state index in [9.17, 15) is 0 Å². The number of hydrogen-bond acceptors (Lipinski definition) is 2. The summed E-state index contributed by atoms with van der Waals surface area (Å²) in [4.78, 5) is 0. The van der Waals surface area contributed by atoms with Gasteiger partial charge < -0.3 is 0 Å². The van der Waals surface area contributed by atoms with E-state index >= 15 is 0 Å². The minimum Gasteiger partial charge on any atom is -0.198 e. The lowest BCUT2D eigenvalue weighted by Crippen LogP contribution is -1.98. The van der Waals surface area contributed by atoms with E-state index < -0.39 is 0 Å². The highest BCUT2D eigenvalue weighted by molar-refractivity contribution is 6.32. The van der Waals surface area contributed by atoms with Crippen LogP contribution in [0.5, 0.6) is 0 Å². The molecule has 0 heterocycles. The molecule has 1 aromatic carbocycles. The lowest BCUT2D eigenvalue weighted by molar-refractivity contribution is 0.647. The average molecular weight is 233 g/mol. The molecule has 0 aliphatic carbocycles. The number of rotatable bonds is 3. The quantitative estimate of drug-likeness (QED) is 0.801.